The Morgan fingerprint density at radius 3 is 2.75 bits per heavy atom. The third-order valence-corrected chi connectivity index (χ3v) is 4.25. The maximum atomic E-state index is 5.92. The van der Waals surface area contributed by atoms with Crippen molar-refractivity contribution >= 4 is 33.9 Å². The van der Waals surface area contributed by atoms with Crippen LogP contribution >= 0.6 is 12.2 Å². The largest absolute Gasteiger partial charge is 0.389 e. The van der Waals surface area contributed by atoms with E-state index in [0.717, 1.165) is 28.8 Å². The molecule has 0 aliphatic carbocycles. The Morgan fingerprint density at radius 1 is 1.35 bits per heavy atom. The summed E-state index contributed by atoms with van der Waals surface area (Å²) in [5, 5.41) is 1.08. The van der Waals surface area contributed by atoms with Gasteiger partial charge in [-0.3, -0.25) is 0 Å². The lowest BCUT2D eigenvalue weighted by Gasteiger charge is -2.25. The molecule has 2 N–H and O–H groups in total. The molecule has 2 aromatic rings. The van der Waals surface area contributed by atoms with E-state index in [4.69, 9.17) is 22.9 Å². The first kappa shape index (κ1) is 13.3. The summed E-state index contributed by atoms with van der Waals surface area (Å²) >= 11 is 5.23. The Labute approximate surface area is 124 Å². The van der Waals surface area contributed by atoms with Crippen LogP contribution in [0.4, 0.5) is 5.82 Å². The molecule has 3 nitrogen and oxygen atoms in total. The van der Waals surface area contributed by atoms with Gasteiger partial charge in [0, 0.05) is 18.0 Å². The molecule has 1 aromatic carbocycles. The van der Waals surface area contributed by atoms with E-state index in [2.05, 4.69) is 24.8 Å². The Balaban J connectivity index is 2.17. The van der Waals surface area contributed by atoms with Gasteiger partial charge in [-0.05, 0) is 31.4 Å². The molecule has 2 unspecified atom stereocenters. The minimum Gasteiger partial charge on any atom is -0.389 e. The predicted octanol–water partition coefficient (Wildman–Crippen LogP) is 3.10. The summed E-state index contributed by atoms with van der Waals surface area (Å²) in [6.45, 7) is 5.53. The molecule has 1 fully saturated rings. The smallest absolute Gasteiger partial charge is 0.139 e. The minimum atomic E-state index is 0.421. The second kappa shape index (κ2) is 5.02. The SMILES string of the molecule is CC1CC(C)N(c2nc3ccccc3cc2C(N)=S)C1. The molecule has 4 heteroatoms. The highest BCUT2D eigenvalue weighted by atomic mass is 32.1. The van der Waals surface area contributed by atoms with Gasteiger partial charge in [0.1, 0.15) is 10.8 Å². The molecule has 2 atom stereocenters. The van der Waals surface area contributed by atoms with Gasteiger partial charge >= 0.3 is 0 Å². The molecule has 3 rings (SSSR count). The van der Waals surface area contributed by atoms with Crippen molar-refractivity contribution in [2.24, 2.45) is 11.7 Å². The molecule has 0 saturated carbocycles. The molecule has 20 heavy (non-hydrogen) atoms. The summed E-state index contributed by atoms with van der Waals surface area (Å²) in [6, 6.07) is 10.6. The van der Waals surface area contributed by atoms with Crippen molar-refractivity contribution in [2.45, 2.75) is 26.3 Å². The highest BCUT2D eigenvalue weighted by Gasteiger charge is 2.29. The molecule has 104 valence electrons. The summed E-state index contributed by atoms with van der Waals surface area (Å²) < 4.78 is 0. The lowest BCUT2D eigenvalue weighted by atomic mass is 10.1. The number of nitrogens with zero attached hydrogens (tertiary/aromatic N) is 2. The molecular formula is C16H19N3S. The summed E-state index contributed by atoms with van der Waals surface area (Å²) in [6.07, 6.45) is 1.19. The number of pyridine rings is 1. The fourth-order valence-electron chi connectivity index (χ4n) is 3.10. The normalized spacial score (nSPS) is 22.4. The fourth-order valence-corrected chi connectivity index (χ4v) is 3.25. The number of nitrogens with two attached hydrogens (primary N) is 1. The van der Waals surface area contributed by atoms with Crippen LogP contribution in [0.5, 0.6) is 0 Å². The molecule has 1 aliphatic rings. The molecule has 1 aromatic heterocycles. The number of benzene rings is 1. The maximum Gasteiger partial charge on any atom is 0.139 e. The van der Waals surface area contributed by atoms with Gasteiger partial charge in [-0.1, -0.05) is 37.3 Å². The van der Waals surface area contributed by atoms with Crippen molar-refractivity contribution in [3.8, 4) is 0 Å². The van der Waals surface area contributed by atoms with E-state index in [1.54, 1.807) is 0 Å². The van der Waals surface area contributed by atoms with Gasteiger partial charge < -0.3 is 10.6 Å². The zero-order chi connectivity index (χ0) is 14.3. The van der Waals surface area contributed by atoms with E-state index in [-0.39, 0.29) is 0 Å². The van der Waals surface area contributed by atoms with E-state index in [1.807, 2.05) is 24.3 Å². The van der Waals surface area contributed by atoms with E-state index in [9.17, 15) is 0 Å². The second-order valence-electron chi connectivity index (χ2n) is 5.76. The quantitative estimate of drug-likeness (QED) is 0.861. The van der Waals surface area contributed by atoms with Crippen LogP contribution in [-0.4, -0.2) is 22.6 Å². The number of hydrogen-bond acceptors (Lipinski definition) is 3. The minimum absolute atomic E-state index is 0.421. The van der Waals surface area contributed by atoms with Crippen LogP contribution in [0.2, 0.25) is 0 Å². The molecule has 0 bridgehead atoms. The zero-order valence-electron chi connectivity index (χ0n) is 11.8. The second-order valence-corrected chi connectivity index (χ2v) is 6.20. The van der Waals surface area contributed by atoms with Crippen LogP contribution in [0.25, 0.3) is 10.9 Å². The van der Waals surface area contributed by atoms with Crippen molar-refractivity contribution in [3.05, 3.63) is 35.9 Å². The Bertz CT molecular complexity index is 668. The van der Waals surface area contributed by atoms with Crippen molar-refractivity contribution in [2.75, 3.05) is 11.4 Å². The van der Waals surface area contributed by atoms with Crippen molar-refractivity contribution in [3.63, 3.8) is 0 Å². The number of hydrogen-bond donors (Lipinski definition) is 1. The van der Waals surface area contributed by atoms with Gasteiger partial charge in [0.15, 0.2) is 0 Å². The van der Waals surface area contributed by atoms with E-state index < -0.39 is 0 Å². The van der Waals surface area contributed by atoms with Gasteiger partial charge in [0.25, 0.3) is 0 Å². The summed E-state index contributed by atoms with van der Waals surface area (Å²) in [5.41, 5.74) is 7.80. The summed E-state index contributed by atoms with van der Waals surface area (Å²) in [7, 11) is 0. The number of anilines is 1. The maximum absolute atomic E-state index is 5.92. The standard InChI is InChI=1S/C16H19N3S/c1-10-7-11(2)19(9-10)16-13(15(17)20)8-12-5-3-4-6-14(12)18-16/h3-6,8,10-11H,7,9H2,1-2H3,(H2,17,20). The first-order valence-corrected chi connectivity index (χ1v) is 7.43. The van der Waals surface area contributed by atoms with E-state index in [0.29, 0.717) is 16.9 Å². The van der Waals surface area contributed by atoms with Crippen LogP contribution in [0, 0.1) is 5.92 Å². The van der Waals surface area contributed by atoms with E-state index >= 15 is 0 Å². The van der Waals surface area contributed by atoms with Crippen LogP contribution in [0.15, 0.2) is 30.3 Å². The van der Waals surface area contributed by atoms with Gasteiger partial charge in [0.05, 0.1) is 11.1 Å². The average molecular weight is 285 g/mol. The van der Waals surface area contributed by atoms with Crippen LogP contribution < -0.4 is 10.6 Å². The Morgan fingerprint density at radius 2 is 2.10 bits per heavy atom. The zero-order valence-corrected chi connectivity index (χ0v) is 12.7. The third-order valence-electron chi connectivity index (χ3n) is 4.03. The lowest BCUT2D eigenvalue weighted by Crippen LogP contribution is -2.30. The molecule has 1 saturated heterocycles. The Hall–Kier alpha value is -1.68. The number of para-hydroxylation sites is 1. The highest BCUT2D eigenvalue weighted by molar-refractivity contribution is 7.80. The fraction of sp³-hybridized carbons (Fsp3) is 0.375. The molecule has 0 radical (unpaired) electrons. The summed E-state index contributed by atoms with van der Waals surface area (Å²) in [5.74, 6) is 1.62. The molecule has 0 amide bonds. The number of aromatic nitrogens is 1. The molecular weight excluding hydrogens is 266 g/mol. The molecule has 1 aliphatic heterocycles. The first-order chi connectivity index (χ1) is 9.56. The highest BCUT2D eigenvalue weighted by Crippen LogP contribution is 2.31. The topological polar surface area (TPSA) is 42.2 Å². The number of rotatable bonds is 2. The number of thiocarbonyl (C=S) groups is 1. The lowest BCUT2D eigenvalue weighted by molar-refractivity contribution is 0.625. The first-order valence-electron chi connectivity index (χ1n) is 7.02. The van der Waals surface area contributed by atoms with Crippen molar-refractivity contribution in [1.82, 2.24) is 4.98 Å². The van der Waals surface area contributed by atoms with Crippen LogP contribution in [0.3, 0.4) is 0 Å². The van der Waals surface area contributed by atoms with Gasteiger partial charge in [-0.25, -0.2) is 4.98 Å². The Kier molecular flexibility index (Phi) is 3.34. The van der Waals surface area contributed by atoms with Gasteiger partial charge in [-0.15, -0.1) is 0 Å². The van der Waals surface area contributed by atoms with Crippen molar-refractivity contribution in [1.29, 1.82) is 0 Å². The summed E-state index contributed by atoms with van der Waals surface area (Å²) in [4.78, 5) is 7.58. The van der Waals surface area contributed by atoms with Crippen molar-refractivity contribution < 1.29 is 0 Å². The van der Waals surface area contributed by atoms with Gasteiger partial charge in [-0.2, -0.15) is 0 Å². The van der Waals surface area contributed by atoms with E-state index in [1.165, 1.54) is 6.42 Å². The van der Waals surface area contributed by atoms with Gasteiger partial charge in [0.2, 0.25) is 0 Å². The number of fused-ring (bicyclic) bond motifs is 1. The monoisotopic (exact) mass is 285 g/mol. The predicted molar refractivity (Wildman–Crippen MR) is 88.2 cm³/mol. The molecule has 2 heterocycles. The van der Waals surface area contributed by atoms with Crippen LogP contribution in [0.1, 0.15) is 25.8 Å². The molecule has 0 spiro atoms. The van der Waals surface area contributed by atoms with Crippen LogP contribution in [-0.2, 0) is 0 Å². The third kappa shape index (κ3) is 2.24. The average Bonchev–Trinajstić information content (AvgIpc) is 2.76.